The minimum Gasteiger partial charge on any atom is -0.385 e. The van der Waals surface area contributed by atoms with Gasteiger partial charge in [-0.05, 0) is 19.3 Å². The van der Waals surface area contributed by atoms with Crippen molar-refractivity contribution >= 4 is 23.7 Å². The van der Waals surface area contributed by atoms with E-state index in [9.17, 15) is 0 Å². The summed E-state index contributed by atoms with van der Waals surface area (Å²) in [6, 6.07) is 0. The van der Waals surface area contributed by atoms with Gasteiger partial charge in [0.25, 0.3) is 0 Å². The minimum atomic E-state index is 0.645. The van der Waals surface area contributed by atoms with Crippen LogP contribution in [0.1, 0.15) is 19.3 Å². The molecule has 7 heteroatoms. The Morgan fingerprint density at radius 3 is 2.74 bits per heavy atom. The van der Waals surface area contributed by atoms with E-state index in [1.54, 1.807) is 18.9 Å². The van der Waals surface area contributed by atoms with Gasteiger partial charge < -0.3 is 15.0 Å². The quantitative estimate of drug-likeness (QED) is 0.603. The summed E-state index contributed by atoms with van der Waals surface area (Å²) in [4.78, 5) is 15.6. The summed E-state index contributed by atoms with van der Waals surface area (Å²) in [6.07, 6.45) is 3.44. The molecule has 106 valence electrons. The molecule has 0 unspecified atom stereocenters. The molecule has 1 saturated heterocycles. The van der Waals surface area contributed by atoms with E-state index < -0.39 is 0 Å². The Morgan fingerprint density at radius 2 is 2.05 bits per heavy atom. The van der Waals surface area contributed by atoms with Gasteiger partial charge in [0.1, 0.15) is 0 Å². The van der Waals surface area contributed by atoms with Crippen LogP contribution in [0.4, 0.5) is 11.9 Å². The van der Waals surface area contributed by atoms with E-state index in [1.807, 2.05) is 7.05 Å². The first kappa shape index (κ1) is 14.3. The third kappa shape index (κ3) is 4.21. The molecular formula is C12H21N5OS. The van der Waals surface area contributed by atoms with Crippen LogP contribution in [0.3, 0.4) is 0 Å². The van der Waals surface area contributed by atoms with Crippen molar-refractivity contribution in [3.8, 4) is 0 Å². The molecule has 1 aliphatic rings. The molecule has 0 radical (unpaired) electrons. The molecule has 1 aromatic rings. The van der Waals surface area contributed by atoms with Crippen molar-refractivity contribution < 1.29 is 4.74 Å². The van der Waals surface area contributed by atoms with Crippen molar-refractivity contribution in [2.24, 2.45) is 0 Å². The van der Waals surface area contributed by atoms with Gasteiger partial charge in [0.2, 0.25) is 11.9 Å². The topological polar surface area (TPSA) is 63.2 Å². The minimum absolute atomic E-state index is 0.645. The fourth-order valence-corrected chi connectivity index (χ4v) is 2.69. The molecule has 6 nitrogen and oxygen atoms in total. The summed E-state index contributed by atoms with van der Waals surface area (Å²) >= 11 is 1.65. The third-order valence-corrected chi connectivity index (χ3v) is 3.87. The predicted molar refractivity (Wildman–Crippen MR) is 78.0 cm³/mol. The first-order valence-corrected chi connectivity index (χ1v) is 7.62. The number of aromatic nitrogens is 3. The van der Waals surface area contributed by atoms with Crippen molar-refractivity contribution in [2.45, 2.75) is 24.4 Å². The standard InChI is InChI=1S/C12H21N5OS/c1-13-10-14-11(17-6-3-4-7-17)16-12(15-10)19-9-5-8-18-2/h3-9H2,1-2H3,(H,13,14,15,16). The number of nitrogens with zero attached hydrogens (tertiary/aromatic N) is 4. The van der Waals surface area contributed by atoms with Crippen LogP contribution in [0.25, 0.3) is 0 Å². The average molecular weight is 283 g/mol. The number of methoxy groups -OCH3 is 1. The molecule has 2 heterocycles. The van der Waals surface area contributed by atoms with Crippen LogP contribution in [-0.2, 0) is 4.74 Å². The van der Waals surface area contributed by atoms with Gasteiger partial charge in [0.15, 0.2) is 5.16 Å². The van der Waals surface area contributed by atoms with Crippen LogP contribution in [0, 0.1) is 0 Å². The molecule has 19 heavy (non-hydrogen) atoms. The normalized spacial score (nSPS) is 14.9. The summed E-state index contributed by atoms with van der Waals surface area (Å²) in [5.74, 6) is 2.40. The molecule has 0 bridgehead atoms. The zero-order valence-electron chi connectivity index (χ0n) is 11.6. The lowest BCUT2D eigenvalue weighted by molar-refractivity contribution is 0.200. The molecule has 0 aromatic carbocycles. The lowest BCUT2D eigenvalue weighted by Gasteiger charge is -2.16. The first-order valence-electron chi connectivity index (χ1n) is 6.64. The molecule has 1 N–H and O–H groups in total. The second-order valence-corrected chi connectivity index (χ2v) is 5.44. The number of thioether (sulfide) groups is 1. The van der Waals surface area contributed by atoms with Crippen LogP contribution in [0.5, 0.6) is 0 Å². The van der Waals surface area contributed by atoms with Gasteiger partial charge >= 0.3 is 0 Å². The van der Waals surface area contributed by atoms with Gasteiger partial charge in [-0.3, -0.25) is 0 Å². The Hall–Kier alpha value is -1.08. The van der Waals surface area contributed by atoms with Crippen LogP contribution >= 0.6 is 11.8 Å². The lowest BCUT2D eigenvalue weighted by Crippen LogP contribution is -2.21. The molecule has 0 amide bonds. The number of ether oxygens (including phenoxy) is 1. The Labute approximate surface area is 118 Å². The molecular weight excluding hydrogens is 262 g/mol. The number of hydrogen-bond donors (Lipinski definition) is 1. The van der Waals surface area contributed by atoms with E-state index in [0.29, 0.717) is 5.95 Å². The fourth-order valence-electron chi connectivity index (χ4n) is 1.95. The van der Waals surface area contributed by atoms with Crippen molar-refractivity contribution in [3.63, 3.8) is 0 Å². The van der Waals surface area contributed by atoms with Crippen molar-refractivity contribution in [1.29, 1.82) is 0 Å². The van der Waals surface area contributed by atoms with E-state index in [1.165, 1.54) is 12.8 Å². The van der Waals surface area contributed by atoms with E-state index in [0.717, 1.165) is 43.0 Å². The van der Waals surface area contributed by atoms with Crippen LogP contribution in [-0.4, -0.2) is 54.6 Å². The zero-order valence-corrected chi connectivity index (χ0v) is 12.4. The second-order valence-electron chi connectivity index (χ2n) is 4.38. The SMILES string of the molecule is CNc1nc(SCCCOC)nc(N2CCCC2)n1. The Kier molecular flexibility index (Phi) is 5.65. The van der Waals surface area contributed by atoms with Gasteiger partial charge in [0.05, 0.1) is 0 Å². The highest BCUT2D eigenvalue weighted by Crippen LogP contribution is 2.21. The van der Waals surface area contributed by atoms with E-state index in [-0.39, 0.29) is 0 Å². The summed E-state index contributed by atoms with van der Waals surface area (Å²) in [6.45, 7) is 2.86. The van der Waals surface area contributed by atoms with Crippen LogP contribution < -0.4 is 10.2 Å². The maximum Gasteiger partial charge on any atom is 0.231 e. The number of hydrogen-bond acceptors (Lipinski definition) is 7. The molecule has 0 atom stereocenters. The highest BCUT2D eigenvalue weighted by Gasteiger charge is 2.17. The van der Waals surface area contributed by atoms with Crippen molar-refractivity contribution in [1.82, 2.24) is 15.0 Å². The Morgan fingerprint density at radius 1 is 1.26 bits per heavy atom. The van der Waals surface area contributed by atoms with Crippen LogP contribution in [0.15, 0.2) is 5.16 Å². The average Bonchev–Trinajstić information content (AvgIpc) is 2.97. The smallest absolute Gasteiger partial charge is 0.231 e. The van der Waals surface area contributed by atoms with Crippen LogP contribution in [0.2, 0.25) is 0 Å². The van der Waals surface area contributed by atoms with Crippen molar-refractivity contribution in [3.05, 3.63) is 0 Å². The number of nitrogens with one attached hydrogen (secondary N) is 1. The Bertz CT molecular complexity index is 398. The summed E-state index contributed by atoms with van der Waals surface area (Å²) in [5, 5.41) is 3.80. The van der Waals surface area contributed by atoms with Gasteiger partial charge in [-0.2, -0.15) is 15.0 Å². The highest BCUT2D eigenvalue weighted by molar-refractivity contribution is 7.99. The molecule has 1 aromatic heterocycles. The lowest BCUT2D eigenvalue weighted by atomic mass is 10.4. The monoisotopic (exact) mass is 283 g/mol. The molecule has 0 saturated carbocycles. The van der Waals surface area contributed by atoms with E-state index in [4.69, 9.17) is 4.74 Å². The summed E-state index contributed by atoms with van der Waals surface area (Å²) < 4.78 is 5.04. The molecule has 0 aliphatic carbocycles. The summed E-state index contributed by atoms with van der Waals surface area (Å²) in [7, 11) is 3.56. The fraction of sp³-hybridized carbons (Fsp3) is 0.750. The molecule has 0 spiro atoms. The van der Waals surface area contributed by atoms with Gasteiger partial charge in [0, 0.05) is 39.6 Å². The molecule has 2 rings (SSSR count). The third-order valence-electron chi connectivity index (χ3n) is 2.94. The largest absolute Gasteiger partial charge is 0.385 e. The first-order chi connectivity index (χ1) is 9.33. The molecule has 1 aliphatic heterocycles. The number of rotatable bonds is 7. The van der Waals surface area contributed by atoms with E-state index in [2.05, 4.69) is 25.2 Å². The van der Waals surface area contributed by atoms with Gasteiger partial charge in [-0.15, -0.1) is 0 Å². The summed E-state index contributed by atoms with van der Waals surface area (Å²) in [5.41, 5.74) is 0. The second kappa shape index (κ2) is 7.49. The Balaban J connectivity index is 2.02. The maximum absolute atomic E-state index is 5.04. The maximum atomic E-state index is 5.04. The predicted octanol–water partition coefficient (Wildman–Crippen LogP) is 1.64. The zero-order chi connectivity index (χ0) is 13.5. The van der Waals surface area contributed by atoms with Gasteiger partial charge in [-0.25, -0.2) is 0 Å². The van der Waals surface area contributed by atoms with Crippen molar-refractivity contribution in [2.75, 3.05) is 49.8 Å². The number of anilines is 2. The van der Waals surface area contributed by atoms with E-state index >= 15 is 0 Å². The molecule has 1 fully saturated rings. The van der Waals surface area contributed by atoms with Gasteiger partial charge in [-0.1, -0.05) is 11.8 Å². The highest BCUT2D eigenvalue weighted by atomic mass is 32.2.